The van der Waals surface area contributed by atoms with Gasteiger partial charge in [-0.15, -0.1) is 0 Å². The van der Waals surface area contributed by atoms with Crippen LogP contribution < -0.4 is 15.6 Å². The van der Waals surface area contributed by atoms with Gasteiger partial charge in [-0.1, -0.05) is 0 Å². The highest BCUT2D eigenvalue weighted by Gasteiger charge is 2.55. The van der Waals surface area contributed by atoms with Crippen LogP contribution >= 0.6 is 0 Å². The van der Waals surface area contributed by atoms with E-state index in [0.717, 1.165) is 29.0 Å². The predicted molar refractivity (Wildman–Crippen MR) is 110 cm³/mol. The fourth-order valence-electron chi connectivity index (χ4n) is 4.79. The summed E-state index contributed by atoms with van der Waals surface area (Å²) in [5, 5.41) is 2.95. The summed E-state index contributed by atoms with van der Waals surface area (Å²) in [6, 6.07) is 5.44. The molecule has 1 aliphatic heterocycles. The van der Waals surface area contributed by atoms with E-state index < -0.39 is 34.4 Å². The van der Waals surface area contributed by atoms with E-state index in [4.69, 9.17) is 9.15 Å². The third-order valence-electron chi connectivity index (χ3n) is 6.40. The second-order valence-electron chi connectivity index (χ2n) is 8.07. The van der Waals surface area contributed by atoms with Crippen molar-refractivity contribution >= 4 is 22.6 Å². The molecule has 2 aromatic carbocycles. The number of hydrogen-bond acceptors (Lipinski definition) is 5. The Hall–Kier alpha value is -3.54. The van der Waals surface area contributed by atoms with Crippen LogP contribution in [0.1, 0.15) is 10.4 Å². The van der Waals surface area contributed by atoms with Crippen molar-refractivity contribution in [2.75, 3.05) is 25.0 Å². The average molecular weight is 485 g/mol. The molecule has 6 nitrogen and oxygen atoms in total. The predicted octanol–water partition coefficient (Wildman–Crippen LogP) is 3.94. The molecular formula is C22H17F6N3O3. The number of anilines is 1. The molecular weight excluding hydrogens is 468 g/mol. The molecule has 34 heavy (non-hydrogen) atoms. The standard InChI is InChI=1S/C22H17F4N3O3.F2/c1-27-20-12-7-28(8-13(12)20)19-6-18-11(5-16(19)25)21(30)14(22(31)32-26)9-29(18)17-3-2-10(23)4-15(17)24;1-2/h2-6,9,12-13,20,27H,7-8H2,1H3;/t12-,13+,20?;. The number of halogens is 6. The second-order valence-corrected chi connectivity index (χ2v) is 8.07. The molecule has 5 rings (SSSR count). The number of nitrogens with one attached hydrogen (secondary N) is 1. The van der Waals surface area contributed by atoms with E-state index in [1.807, 2.05) is 11.9 Å². The van der Waals surface area contributed by atoms with Crippen molar-refractivity contribution in [1.82, 2.24) is 9.88 Å². The van der Waals surface area contributed by atoms with Gasteiger partial charge in [-0.3, -0.25) is 4.79 Å². The lowest BCUT2D eigenvalue weighted by atomic mass is 10.1. The molecule has 1 unspecified atom stereocenters. The van der Waals surface area contributed by atoms with Crippen molar-refractivity contribution in [2.45, 2.75) is 6.04 Å². The summed E-state index contributed by atoms with van der Waals surface area (Å²) in [7, 11) is 1.87. The zero-order chi connectivity index (χ0) is 24.7. The normalized spacial score (nSPS) is 20.6. The molecule has 12 heteroatoms. The molecule has 180 valence electrons. The van der Waals surface area contributed by atoms with Crippen LogP contribution in [0.2, 0.25) is 0 Å². The zero-order valence-electron chi connectivity index (χ0n) is 17.5. The number of carbonyl (C=O) groups excluding carboxylic acids is 1. The Morgan fingerprint density at radius 3 is 2.26 bits per heavy atom. The van der Waals surface area contributed by atoms with Crippen molar-refractivity contribution in [3.63, 3.8) is 0 Å². The van der Waals surface area contributed by atoms with Crippen molar-refractivity contribution in [1.29, 1.82) is 0 Å². The van der Waals surface area contributed by atoms with Crippen molar-refractivity contribution in [3.05, 3.63) is 69.8 Å². The SMILES string of the molecule is CNC1[C@H]2CN(c3cc4c(cc3F)c(=O)c(C(=O)OF)cn4-c3ccc(F)cc3F)C[C@@H]12.FF. The van der Waals surface area contributed by atoms with Crippen LogP contribution in [0.15, 0.2) is 41.3 Å². The topological polar surface area (TPSA) is 63.6 Å². The van der Waals surface area contributed by atoms with Crippen LogP contribution in [0.25, 0.3) is 16.6 Å². The summed E-state index contributed by atoms with van der Waals surface area (Å²) >= 11 is 0. The van der Waals surface area contributed by atoms with Crippen LogP contribution in [0.4, 0.5) is 32.5 Å². The Labute approximate surface area is 188 Å². The molecule has 3 aromatic rings. The number of hydrogen-bond donors (Lipinski definition) is 1. The zero-order valence-corrected chi connectivity index (χ0v) is 17.5. The highest BCUT2D eigenvalue weighted by molar-refractivity contribution is 5.95. The van der Waals surface area contributed by atoms with Gasteiger partial charge in [-0.05, 0) is 43.1 Å². The lowest BCUT2D eigenvalue weighted by Crippen LogP contribution is -2.30. The first-order valence-corrected chi connectivity index (χ1v) is 10.1. The molecule has 1 saturated heterocycles. The molecule has 3 atom stereocenters. The van der Waals surface area contributed by atoms with Crippen LogP contribution in [0.5, 0.6) is 0 Å². The lowest BCUT2D eigenvalue weighted by Gasteiger charge is -2.24. The average Bonchev–Trinajstić information content (AvgIpc) is 3.31. The Morgan fingerprint density at radius 2 is 1.68 bits per heavy atom. The van der Waals surface area contributed by atoms with Gasteiger partial charge in [0.15, 0.2) is 0 Å². The monoisotopic (exact) mass is 485 g/mol. The summed E-state index contributed by atoms with van der Waals surface area (Å²) in [4.78, 5) is 29.6. The van der Waals surface area contributed by atoms with E-state index in [-0.39, 0.29) is 22.3 Å². The van der Waals surface area contributed by atoms with Gasteiger partial charge in [-0.2, -0.15) is 0 Å². The summed E-state index contributed by atoms with van der Waals surface area (Å²) in [5.41, 5.74) is -1.63. The van der Waals surface area contributed by atoms with Crippen LogP contribution in [-0.4, -0.2) is 36.7 Å². The first-order valence-electron chi connectivity index (χ1n) is 10.1. The van der Waals surface area contributed by atoms with E-state index in [0.29, 0.717) is 37.0 Å². The van der Waals surface area contributed by atoms with Gasteiger partial charge in [0.1, 0.15) is 23.0 Å². The van der Waals surface area contributed by atoms with Crippen molar-refractivity contribution in [2.24, 2.45) is 11.8 Å². The maximum Gasteiger partial charge on any atom is 0.385 e. The van der Waals surface area contributed by atoms with E-state index >= 15 is 4.39 Å². The molecule has 1 aliphatic carbocycles. The molecule has 2 aliphatic rings. The highest BCUT2D eigenvalue weighted by Crippen LogP contribution is 2.47. The van der Waals surface area contributed by atoms with Crippen LogP contribution in [-0.2, 0) is 4.94 Å². The molecule has 0 radical (unpaired) electrons. The smallest absolute Gasteiger partial charge is 0.368 e. The first-order chi connectivity index (χ1) is 16.3. The van der Waals surface area contributed by atoms with Gasteiger partial charge in [0.25, 0.3) is 0 Å². The van der Waals surface area contributed by atoms with E-state index in [1.54, 1.807) is 0 Å². The Bertz CT molecular complexity index is 1320. The van der Waals surface area contributed by atoms with Gasteiger partial charge in [-0.25, -0.2) is 22.9 Å². The van der Waals surface area contributed by atoms with Gasteiger partial charge in [0, 0.05) is 50.5 Å². The largest absolute Gasteiger partial charge is 0.385 e. The van der Waals surface area contributed by atoms with Crippen LogP contribution in [0, 0.1) is 29.3 Å². The lowest BCUT2D eigenvalue weighted by molar-refractivity contribution is -0.0789. The number of fused-ring (bicyclic) bond motifs is 2. The molecule has 0 bridgehead atoms. The molecule has 0 amide bonds. The van der Waals surface area contributed by atoms with Gasteiger partial charge < -0.3 is 14.8 Å². The fourth-order valence-corrected chi connectivity index (χ4v) is 4.79. The number of benzene rings is 2. The third kappa shape index (κ3) is 3.77. The number of nitrogens with zero attached hydrogens (tertiary/aromatic N) is 2. The maximum absolute atomic E-state index is 15.0. The van der Waals surface area contributed by atoms with Crippen molar-refractivity contribution < 1.29 is 36.6 Å². The first kappa shape index (κ1) is 23.6. The quantitative estimate of drug-likeness (QED) is 0.568. The minimum absolute atomic E-state index is 0.0815. The number of rotatable bonds is 4. The summed E-state index contributed by atoms with van der Waals surface area (Å²) in [6.45, 7) is 1.22. The van der Waals surface area contributed by atoms with Crippen LogP contribution in [0.3, 0.4) is 0 Å². The van der Waals surface area contributed by atoms with Gasteiger partial charge in [0.2, 0.25) is 5.43 Å². The Kier molecular flexibility index (Phi) is 6.26. The Balaban J connectivity index is 0.00000133. The van der Waals surface area contributed by atoms with Gasteiger partial charge in [0.05, 0.1) is 16.9 Å². The summed E-state index contributed by atoms with van der Waals surface area (Å²) in [5.74, 6) is -3.35. The molecule has 0 spiro atoms. The number of aromatic nitrogens is 1. The fraction of sp³-hybridized carbons (Fsp3) is 0.273. The van der Waals surface area contributed by atoms with Gasteiger partial charge >= 0.3 is 5.97 Å². The summed E-state index contributed by atoms with van der Waals surface area (Å²) in [6.07, 6.45) is 0.906. The molecule has 1 N–H and O–H groups in total. The van der Waals surface area contributed by atoms with E-state index in [1.165, 1.54) is 6.07 Å². The van der Waals surface area contributed by atoms with E-state index in [2.05, 4.69) is 10.3 Å². The highest BCUT2D eigenvalue weighted by atomic mass is 20.0. The second kappa shape index (κ2) is 9.01. The molecule has 2 fully saturated rings. The minimum Gasteiger partial charge on any atom is -0.368 e. The van der Waals surface area contributed by atoms with Crippen molar-refractivity contribution in [3.8, 4) is 5.69 Å². The third-order valence-corrected chi connectivity index (χ3v) is 6.40. The summed E-state index contributed by atoms with van der Waals surface area (Å²) < 4.78 is 72.7. The molecule has 2 heterocycles. The Morgan fingerprint density at radius 1 is 1.03 bits per heavy atom. The maximum atomic E-state index is 15.0. The number of carbonyl (C=O) groups is 1. The molecule has 1 saturated carbocycles. The van der Waals surface area contributed by atoms with E-state index in [9.17, 15) is 22.9 Å². The number of pyridine rings is 1. The number of piperidine rings is 1. The minimum atomic E-state index is -1.60. The molecule has 1 aromatic heterocycles.